The van der Waals surface area contributed by atoms with Gasteiger partial charge in [0.05, 0.1) is 0 Å². The summed E-state index contributed by atoms with van der Waals surface area (Å²) in [4.78, 5) is 4.06. The molecule has 0 amide bonds. The molecule has 0 aliphatic rings. The third-order valence-electron chi connectivity index (χ3n) is 1.68. The van der Waals surface area contributed by atoms with Crippen LogP contribution in [-0.2, 0) is 6.42 Å². The van der Waals surface area contributed by atoms with Gasteiger partial charge in [-0.05, 0) is 23.6 Å². The van der Waals surface area contributed by atoms with Gasteiger partial charge in [0.15, 0.2) is 0 Å². The molecule has 0 spiro atoms. The average molecular weight is 177 g/mol. The highest BCUT2D eigenvalue weighted by Crippen LogP contribution is 2.09. The van der Waals surface area contributed by atoms with Gasteiger partial charge in [-0.15, -0.1) is 0 Å². The maximum absolute atomic E-state index is 4.06. The molecule has 1 heteroatoms. The molecule has 0 fully saturated rings. The Bertz CT molecular complexity index is 241. The second-order valence-corrected chi connectivity index (χ2v) is 2.53. The molecule has 1 heterocycles. The minimum atomic E-state index is 1.09. The fourth-order valence-corrected chi connectivity index (χ4v) is 1.12. The summed E-state index contributed by atoms with van der Waals surface area (Å²) in [6.07, 6.45) is 7.85. The van der Waals surface area contributed by atoms with E-state index in [1.165, 1.54) is 11.1 Å². The van der Waals surface area contributed by atoms with E-state index in [0.29, 0.717) is 0 Å². The summed E-state index contributed by atoms with van der Waals surface area (Å²) in [5, 5.41) is 0. The molecule has 1 nitrogen and oxygen atoms in total. The van der Waals surface area contributed by atoms with Crippen molar-refractivity contribution in [2.45, 2.75) is 33.6 Å². The average Bonchev–Trinajstić information content (AvgIpc) is 2.22. The quantitative estimate of drug-likeness (QED) is 0.686. The molecule has 0 atom stereocenters. The highest BCUT2D eigenvalue weighted by atomic mass is 14.6. The van der Waals surface area contributed by atoms with Gasteiger partial charge < -0.3 is 0 Å². The lowest BCUT2D eigenvalue weighted by atomic mass is 10.1. The Balaban J connectivity index is 0.000000671. The fourth-order valence-electron chi connectivity index (χ4n) is 1.12. The molecule has 0 radical (unpaired) electrons. The molecule has 1 rings (SSSR count). The van der Waals surface area contributed by atoms with E-state index < -0.39 is 0 Å². The normalized spacial score (nSPS) is 8.54. The minimum Gasteiger partial charge on any atom is -0.264 e. The Kier molecular flexibility index (Phi) is 6.89. The number of aryl methyl sites for hydroxylation is 1. The molecule has 72 valence electrons. The van der Waals surface area contributed by atoms with Gasteiger partial charge in [-0.2, -0.15) is 0 Å². The van der Waals surface area contributed by atoms with E-state index in [-0.39, 0.29) is 0 Å². The molecule has 13 heavy (non-hydrogen) atoms. The molecule has 0 unspecified atom stereocenters. The van der Waals surface area contributed by atoms with Crippen LogP contribution >= 0.6 is 0 Å². The van der Waals surface area contributed by atoms with Crippen molar-refractivity contribution in [1.82, 2.24) is 4.98 Å². The van der Waals surface area contributed by atoms with Gasteiger partial charge >= 0.3 is 0 Å². The van der Waals surface area contributed by atoms with Gasteiger partial charge in [0.2, 0.25) is 0 Å². The summed E-state index contributed by atoms with van der Waals surface area (Å²) in [5.74, 6) is 0. The smallest absolute Gasteiger partial charge is 0.0305 e. The fraction of sp³-hybridized carbons (Fsp3) is 0.417. The SMILES string of the molecule is C=Cc1ccncc1CCC.CC. The third-order valence-corrected chi connectivity index (χ3v) is 1.68. The maximum Gasteiger partial charge on any atom is 0.0305 e. The zero-order chi connectivity index (χ0) is 10.1. The van der Waals surface area contributed by atoms with E-state index in [4.69, 9.17) is 0 Å². The van der Waals surface area contributed by atoms with Crippen LogP contribution in [0.25, 0.3) is 6.08 Å². The molecule has 0 aliphatic carbocycles. The molecule has 0 N–H and O–H groups in total. The van der Waals surface area contributed by atoms with E-state index in [2.05, 4.69) is 18.5 Å². The first-order valence-corrected chi connectivity index (χ1v) is 4.93. The Morgan fingerprint density at radius 2 is 2.15 bits per heavy atom. The van der Waals surface area contributed by atoms with Crippen molar-refractivity contribution in [2.24, 2.45) is 0 Å². The Morgan fingerprint density at radius 3 is 2.69 bits per heavy atom. The van der Waals surface area contributed by atoms with E-state index >= 15 is 0 Å². The standard InChI is InChI=1S/C10H13N.C2H6/c1-3-5-10-8-11-7-6-9(10)4-2;1-2/h4,6-8H,2-3,5H2,1H3;1-2H3. The van der Waals surface area contributed by atoms with Crippen LogP contribution in [-0.4, -0.2) is 4.98 Å². The number of pyridine rings is 1. The first-order chi connectivity index (χ1) is 6.38. The van der Waals surface area contributed by atoms with Crippen molar-refractivity contribution in [3.63, 3.8) is 0 Å². The van der Waals surface area contributed by atoms with E-state index in [1.54, 1.807) is 6.20 Å². The second-order valence-electron chi connectivity index (χ2n) is 2.53. The van der Waals surface area contributed by atoms with Crippen molar-refractivity contribution < 1.29 is 0 Å². The van der Waals surface area contributed by atoms with E-state index in [1.807, 2.05) is 32.2 Å². The van der Waals surface area contributed by atoms with Crippen LogP contribution in [0.5, 0.6) is 0 Å². The molecular formula is C12H19N. The van der Waals surface area contributed by atoms with Gasteiger partial charge in [-0.25, -0.2) is 0 Å². The molecule has 1 aromatic heterocycles. The lowest BCUT2D eigenvalue weighted by Crippen LogP contribution is -1.88. The predicted octanol–water partition coefficient (Wildman–Crippen LogP) is 3.70. The van der Waals surface area contributed by atoms with Crippen LogP contribution in [0.4, 0.5) is 0 Å². The summed E-state index contributed by atoms with van der Waals surface area (Å²) in [6, 6.07) is 2.00. The van der Waals surface area contributed by atoms with E-state index in [9.17, 15) is 0 Å². The van der Waals surface area contributed by atoms with Crippen LogP contribution in [0.15, 0.2) is 25.0 Å². The molecule has 0 bridgehead atoms. The minimum absolute atomic E-state index is 1.09. The summed E-state index contributed by atoms with van der Waals surface area (Å²) in [7, 11) is 0. The topological polar surface area (TPSA) is 12.9 Å². The Morgan fingerprint density at radius 1 is 1.46 bits per heavy atom. The van der Waals surface area contributed by atoms with Gasteiger partial charge in [0.25, 0.3) is 0 Å². The number of hydrogen-bond donors (Lipinski definition) is 0. The monoisotopic (exact) mass is 177 g/mol. The lowest BCUT2D eigenvalue weighted by molar-refractivity contribution is 0.911. The van der Waals surface area contributed by atoms with Crippen LogP contribution < -0.4 is 0 Å². The molecule has 0 saturated heterocycles. The third kappa shape index (κ3) is 3.88. The summed E-state index contributed by atoms with van der Waals surface area (Å²) < 4.78 is 0. The predicted molar refractivity (Wildman–Crippen MR) is 59.7 cm³/mol. The van der Waals surface area contributed by atoms with Crippen molar-refractivity contribution >= 4 is 6.08 Å². The Labute approximate surface area is 81.5 Å². The van der Waals surface area contributed by atoms with Crippen LogP contribution in [0.3, 0.4) is 0 Å². The van der Waals surface area contributed by atoms with Crippen molar-refractivity contribution in [1.29, 1.82) is 0 Å². The number of aromatic nitrogens is 1. The number of nitrogens with zero attached hydrogens (tertiary/aromatic N) is 1. The second kappa shape index (κ2) is 7.53. The van der Waals surface area contributed by atoms with Crippen molar-refractivity contribution in [2.75, 3.05) is 0 Å². The first-order valence-electron chi connectivity index (χ1n) is 4.93. The highest BCUT2D eigenvalue weighted by Gasteiger charge is 1.95. The zero-order valence-corrected chi connectivity index (χ0v) is 8.88. The molecule has 0 saturated carbocycles. The summed E-state index contributed by atoms with van der Waals surface area (Å²) >= 11 is 0. The van der Waals surface area contributed by atoms with Crippen molar-refractivity contribution in [3.8, 4) is 0 Å². The lowest BCUT2D eigenvalue weighted by Gasteiger charge is -2.01. The van der Waals surface area contributed by atoms with Crippen LogP contribution in [0.1, 0.15) is 38.3 Å². The van der Waals surface area contributed by atoms with E-state index in [0.717, 1.165) is 12.8 Å². The van der Waals surface area contributed by atoms with Crippen molar-refractivity contribution in [3.05, 3.63) is 36.2 Å². The molecular weight excluding hydrogens is 158 g/mol. The largest absolute Gasteiger partial charge is 0.264 e. The number of hydrogen-bond acceptors (Lipinski definition) is 1. The van der Waals surface area contributed by atoms with Crippen LogP contribution in [0.2, 0.25) is 0 Å². The van der Waals surface area contributed by atoms with Gasteiger partial charge in [-0.3, -0.25) is 4.98 Å². The van der Waals surface area contributed by atoms with Crippen LogP contribution in [0, 0.1) is 0 Å². The highest BCUT2D eigenvalue weighted by molar-refractivity contribution is 5.50. The zero-order valence-electron chi connectivity index (χ0n) is 8.88. The summed E-state index contributed by atoms with van der Waals surface area (Å²) in [5.41, 5.74) is 2.51. The Hall–Kier alpha value is -1.11. The summed E-state index contributed by atoms with van der Waals surface area (Å²) in [6.45, 7) is 9.91. The number of rotatable bonds is 3. The first kappa shape index (κ1) is 11.9. The maximum atomic E-state index is 4.06. The molecule has 0 aliphatic heterocycles. The van der Waals surface area contributed by atoms with Gasteiger partial charge in [-0.1, -0.05) is 39.8 Å². The van der Waals surface area contributed by atoms with Gasteiger partial charge in [0, 0.05) is 12.4 Å². The molecule has 0 aromatic carbocycles. The molecule has 1 aromatic rings. The van der Waals surface area contributed by atoms with Gasteiger partial charge in [0.1, 0.15) is 0 Å².